The lowest BCUT2D eigenvalue weighted by Crippen LogP contribution is -2.22. The first kappa shape index (κ1) is 17.3. The summed E-state index contributed by atoms with van der Waals surface area (Å²) in [6, 6.07) is 8.12. The number of rotatable bonds is 3. The molecule has 0 saturated heterocycles. The predicted molar refractivity (Wildman–Crippen MR) is 79.4 cm³/mol. The highest BCUT2D eigenvalue weighted by Gasteiger charge is 2.31. The van der Waals surface area contributed by atoms with Gasteiger partial charge in [0.2, 0.25) is 10.0 Å². The van der Waals surface area contributed by atoms with Crippen molar-refractivity contribution in [2.45, 2.75) is 11.1 Å². The Hall–Kier alpha value is -2.06. The molecule has 0 aromatic heterocycles. The van der Waals surface area contributed by atoms with E-state index in [-0.39, 0.29) is 10.5 Å². The zero-order chi connectivity index (χ0) is 17.4. The molecule has 0 radical (unpaired) electrons. The summed E-state index contributed by atoms with van der Waals surface area (Å²) in [6.45, 7) is 0. The minimum atomic E-state index is -4.58. The third-order valence-corrected chi connectivity index (χ3v) is 5.04. The molecule has 0 saturated carbocycles. The van der Waals surface area contributed by atoms with Crippen molar-refractivity contribution >= 4 is 10.0 Å². The fraction of sp³-hybridized carbons (Fsp3) is 0.200. The topological polar surface area (TPSA) is 57.6 Å². The van der Waals surface area contributed by atoms with Gasteiger partial charge < -0.3 is 5.11 Å². The van der Waals surface area contributed by atoms with Gasteiger partial charge in [-0.05, 0) is 41.5 Å². The third-order valence-electron chi connectivity index (χ3n) is 3.21. The van der Waals surface area contributed by atoms with Gasteiger partial charge >= 0.3 is 6.18 Å². The zero-order valence-corrected chi connectivity index (χ0v) is 13.1. The van der Waals surface area contributed by atoms with Crippen molar-refractivity contribution < 1.29 is 26.7 Å². The highest BCUT2D eigenvalue weighted by molar-refractivity contribution is 7.89. The summed E-state index contributed by atoms with van der Waals surface area (Å²) in [6.07, 6.45) is -4.58. The Labute approximate surface area is 131 Å². The number of phenols is 1. The number of alkyl halides is 3. The van der Waals surface area contributed by atoms with Gasteiger partial charge in [-0.25, -0.2) is 12.7 Å². The van der Waals surface area contributed by atoms with E-state index >= 15 is 0 Å². The van der Waals surface area contributed by atoms with Gasteiger partial charge in [0, 0.05) is 14.1 Å². The Morgan fingerprint density at radius 3 is 2.00 bits per heavy atom. The van der Waals surface area contributed by atoms with Crippen molar-refractivity contribution in [3.05, 3.63) is 48.0 Å². The van der Waals surface area contributed by atoms with Gasteiger partial charge in [0.1, 0.15) is 5.75 Å². The van der Waals surface area contributed by atoms with Crippen LogP contribution in [0.5, 0.6) is 5.75 Å². The summed E-state index contributed by atoms with van der Waals surface area (Å²) in [5, 5.41) is 9.47. The summed E-state index contributed by atoms with van der Waals surface area (Å²) in [4.78, 5) is 0.0300. The first-order valence-corrected chi connectivity index (χ1v) is 7.90. The Morgan fingerprint density at radius 2 is 1.52 bits per heavy atom. The Kier molecular flexibility index (Phi) is 4.41. The molecule has 2 aromatic rings. The summed E-state index contributed by atoms with van der Waals surface area (Å²) < 4.78 is 63.3. The minimum Gasteiger partial charge on any atom is -0.508 e. The summed E-state index contributed by atoms with van der Waals surface area (Å²) in [5.41, 5.74) is -0.465. The molecule has 1 N–H and O–H groups in total. The van der Waals surface area contributed by atoms with Crippen LogP contribution in [0.4, 0.5) is 13.2 Å². The van der Waals surface area contributed by atoms with Crippen molar-refractivity contribution in [1.82, 2.24) is 4.31 Å². The average Bonchev–Trinajstić information content (AvgIpc) is 2.45. The van der Waals surface area contributed by atoms with E-state index in [1.807, 2.05) is 0 Å². The molecule has 0 amide bonds. The van der Waals surface area contributed by atoms with Gasteiger partial charge in [-0.3, -0.25) is 0 Å². The lowest BCUT2D eigenvalue weighted by atomic mass is 10.0. The fourth-order valence-corrected chi connectivity index (χ4v) is 2.87. The van der Waals surface area contributed by atoms with E-state index in [4.69, 9.17) is 0 Å². The van der Waals surface area contributed by atoms with E-state index in [0.29, 0.717) is 11.6 Å². The Balaban J connectivity index is 2.47. The standard InChI is InChI=1S/C15H14F3NO3S/c1-19(2)23(21,22)14-5-3-10(4-6-14)11-7-12(15(16,17)18)9-13(20)8-11/h3-9,20H,1-2H3. The highest BCUT2D eigenvalue weighted by atomic mass is 32.2. The Bertz CT molecular complexity index is 813. The highest BCUT2D eigenvalue weighted by Crippen LogP contribution is 2.35. The van der Waals surface area contributed by atoms with Crippen molar-refractivity contribution in [3.8, 4) is 16.9 Å². The monoisotopic (exact) mass is 345 g/mol. The molecule has 0 spiro atoms. The first-order chi connectivity index (χ1) is 10.5. The molecule has 4 nitrogen and oxygen atoms in total. The maximum Gasteiger partial charge on any atom is 0.416 e. The molecule has 0 unspecified atom stereocenters. The molecule has 0 aliphatic rings. The predicted octanol–water partition coefficient (Wildman–Crippen LogP) is 3.33. The van der Waals surface area contributed by atoms with Crippen molar-refractivity contribution in [1.29, 1.82) is 0 Å². The van der Waals surface area contributed by atoms with Crippen molar-refractivity contribution in [3.63, 3.8) is 0 Å². The summed E-state index contributed by atoms with van der Waals surface area (Å²) in [7, 11) is -0.845. The lowest BCUT2D eigenvalue weighted by molar-refractivity contribution is -0.137. The maximum atomic E-state index is 12.8. The number of nitrogens with zero attached hydrogens (tertiary/aromatic N) is 1. The molecule has 2 rings (SSSR count). The van der Waals surface area contributed by atoms with Crippen molar-refractivity contribution in [2.24, 2.45) is 0 Å². The molecule has 0 aliphatic carbocycles. The maximum absolute atomic E-state index is 12.8. The van der Waals surface area contributed by atoms with Gasteiger partial charge in [-0.15, -0.1) is 0 Å². The molecule has 0 aliphatic heterocycles. The van der Waals surface area contributed by atoms with E-state index in [1.165, 1.54) is 44.4 Å². The van der Waals surface area contributed by atoms with Crippen molar-refractivity contribution in [2.75, 3.05) is 14.1 Å². The lowest BCUT2D eigenvalue weighted by Gasteiger charge is -2.13. The number of aromatic hydroxyl groups is 1. The molecule has 0 heterocycles. The van der Waals surface area contributed by atoms with Crippen LogP contribution in [0.25, 0.3) is 11.1 Å². The van der Waals surface area contributed by atoms with E-state index in [1.54, 1.807) is 0 Å². The second kappa shape index (κ2) is 5.86. The van der Waals surface area contributed by atoms with Crippen LogP contribution in [0.2, 0.25) is 0 Å². The number of sulfonamides is 1. The number of halogens is 3. The van der Waals surface area contributed by atoms with Crippen LogP contribution < -0.4 is 0 Å². The number of phenolic OH excluding ortho intramolecular Hbond substituents is 1. The summed E-state index contributed by atoms with van der Waals surface area (Å²) in [5.74, 6) is -0.514. The minimum absolute atomic E-state index is 0.0300. The van der Waals surface area contributed by atoms with Crippen LogP contribution in [-0.2, 0) is 16.2 Å². The Morgan fingerprint density at radius 1 is 0.957 bits per heavy atom. The number of hydrogen-bond donors (Lipinski definition) is 1. The molecule has 0 atom stereocenters. The van der Waals surface area contributed by atoms with Gasteiger partial charge in [-0.1, -0.05) is 12.1 Å². The van der Waals surface area contributed by atoms with Crippen LogP contribution in [-0.4, -0.2) is 31.9 Å². The molecule has 2 aromatic carbocycles. The number of benzene rings is 2. The molecule has 124 valence electrons. The van der Waals surface area contributed by atoms with Crippen LogP contribution in [0.15, 0.2) is 47.4 Å². The molecule has 0 fully saturated rings. The third kappa shape index (κ3) is 3.65. The second-order valence-electron chi connectivity index (χ2n) is 5.08. The average molecular weight is 345 g/mol. The molecule has 8 heteroatoms. The van der Waals surface area contributed by atoms with Gasteiger partial charge in [-0.2, -0.15) is 13.2 Å². The second-order valence-corrected chi connectivity index (χ2v) is 7.23. The van der Waals surface area contributed by atoms with E-state index < -0.39 is 27.5 Å². The van der Waals surface area contributed by atoms with Gasteiger partial charge in [0.15, 0.2) is 0 Å². The first-order valence-electron chi connectivity index (χ1n) is 6.46. The van der Waals surface area contributed by atoms with Crippen LogP contribution in [0.1, 0.15) is 5.56 Å². The van der Waals surface area contributed by atoms with Crippen LogP contribution in [0, 0.1) is 0 Å². The van der Waals surface area contributed by atoms with E-state index in [0.717, 1.165) is 10.4 Å². The zero-order valence-electron chi connectivity index (χ0n) is 12.3. The fourth-order valence-electron chi connectivity index (χ4n) is 1.97. The number of hydrogen-bond acceptors (Lipinski definition) is 3. The SMILES string of the molecule is CN(C)S(=O)(=O)c1ccc(-c2cc(O)cc(C(F)(F)F)c2)cc1. The van der Waals surface area contributed by atoms with Gasteiger partial charge in [0.25, 0.3) is 0 Å². The van der Waals surface area contributed by atoms with Crippen LogP contribution in [0.3, 0.4) is 0 Å². The van der Waals surface area contributed by atoms with E-state index in [2.05, 4.69) is 0 Å². The molecule has 0 bridgehead atoms. The summed E-state index contributed by atoms with van der Waals surface area (Å²) >= 11 is 0. The smallest absolute Gasteiger partial charge is 0.416 e. The molecule has 23 heavy (non-hydrogen) atoms. The van der Waals surface area contributed by atoms with Gasteiger partial charge in [0.05, 0.1) is 10.5 Å². The van der Waals surface area contributed by atoms with E-state index in [9.17, 15) is 26.7 Å². The molecular weight excluding hydrogens is 331 g/mol. The largest absolute Gasteiger partial charge is 0.508 e. The van der Waals surface area contributed by atoms with Crippen LogP contribution >= 0.6 is 0 Å². The normalized spacial score (nSPS) is 12.6. The molecular formula is C15H14F3NO3S. The quantitative estimate of drug-likeness (QED) is 0.928.